The number of likely N-dealkylation sites (tertiary alicyclic amines) is 1. The van der Waals surface area contributed by atoms with Crippen molar-refractivity contribution in [2.75, 3.05) is 6.54 Å². The molecule has 0 aliphatic carbocycles. The lowest BCUT2D eigenvalue weighted by molar-refractivity contribution is -0.148. The molecule has 1 unspecified atom stereocenters. The van der Waals surface area contributed by atoms with Crippen LogP contribution in [0.4, 0.5) is 9.18 Å². The first-order chi connectivity index (χ1) is 12.5. The van der Waals surface area contributed by atoms with E-state index in [0.29, 0.717) is 24.9 Å². The van der Waals surface area contributed by atoms with Crippen LogP contribution in [0.25, 0.3) is 0 Å². The maximum absolute atomic E-state index is 13.1. The Morgan fingerprint density at radius 1 is 1.08 bits per heavy atom. The molecule has 0 aromatic heterocycles. The quantitative estimate of drug-likeness (QED) is 0.887. The monoisotopic (exact) mass is 357 g/mol. The molecule has 1 aliphatic heterocycles. The van der Waals surface area contributed by atoms with Gasteiger partial charge in [0.05, 0.1) is 0 Å². The van der Waals surface area contributed by atoms with Crippen LogP contribution in [0.3, 0.4) is 0 Å². The second-order valence-corrected chi connectivity index (χ2v) is 6.44. The molecule has 1 fully saturated rings. The molecule has 1 amide bonds. The third kappa shape index (κ3) is 3.69. The van der Waals surface area contributed by atoms with Crippen LogP contribution in [0.5, 0.6) is 0 Å². The van der Waals surface area contributed by atoms with Crippen LogP contribution >= 0.6 is 0 Å². The second-order valence-electron chi connectivity index (χ2n) is 6.44. The summed E-state index contributed by atoms with van der Waals surface area (Å²) in [6.45, 7) is 0.406. The van der Waals surface area contributed by atoms with Gasteiger partial charge < -0.3 is 9.84 Å². The van der Waals surface area contributed by atoms with Gasteiger partial charge in [-0.25, -0.2) is 14.0 Å². The minimum Gasteiger partial charge on any atom is -0.479 e. The molecule has 1 heterocycles. The summed E-state index contributed by atoms with van der Waals surface area (Å²) in [5.41, 5.74) is 0.127. The third-order valence-corrected chi connectivity index (χ3v) is 4.72. The van der Waals surface area contributed by atoms with Crippen molar-refractivity contribution < 1.29 is 23.8 Å². The number of rotatable bonds is 5. The van der Waals surface area contributed by atoms with Crippen molar-refractivity contribution >= 4 is 12.1 Å². The Morgan fingerprint density at radius 2 is 1.77 bits per heavy atom. The fourth-order valence-electron chi connectivity index (χ4n) is 3.36. The highest BCUT2D eigenvalue weighted by atomic mass is 19.1. The summed E-state index contributed by atoms with van der Waals surface area (Å²) in [5.74, 6) is -1.46. The van der Waals surface area contributed by atoms with Gasteiger partial charge in [-0.2, -0.15) is 0 Å². The van der Waals surface area contributed by atoms with E-state index < -0.39 is 17.6 Å². The first kappa shape index (κ1) is 17.9. The molecular weight excluding hydrogens is 337 g/mol. The SMILES string of the molecule is O=C(OCc1ccccc1)N1CCCC1(Cc1ccc(F)cc1)C(=O)O. The number of carbonyl (C=O) groups is 2. The zero-order chi connectivity index (χ0) is 18.6. The number of hydrogen-bond acceptors (Lipinski definition) is 3. The maximum atomic E-state index is 13.1. The zero-order valence-corrected chi connectivity index (χ0v) is 14.2. The van der Waals surface area contributed by atoms with Crippen molar-refractivity contribution in [2.24, 2.45) is 0 Å². The lowest BCUT2D eigenvalue weighted by atomic mass is 9.88. The first-order valence-corrected chi connectivity index (χ1v) is 8.47. The number of aliphatic carboxylic acids is 1. The average molecular weight is 357 g/mol. The summed E-state index contributed by atoms with van der Waals surface area (Å²) < 4.78 is 18.5. The summed E-state index contributed by atoms with van der Waals surface area (Å²) in [6.07, 6.45) is 0.382. The van der Waals surface area contributed by atoms with E-state index in [-0.39, 0.29) is 18.8 Å². The number of ether oxygens (including phenoxy) is 1. The van der Waals surface area contributed by atoms with Crippen molar-refractivity contribution in [1.29, 1.82) is 0 Å². The van der Waals surface area contributed by atoms with Crippen LogP contribution in [0.15, 0.2) is 54.6 Å². The first-order valence-electron chi connectivity index (χ1n) is 8.47. The highest BCUT2D eigenvalue weighted by Gasteiger charge is 2.50. The number of benzene rings is 2. The van der Waals surface area contributed by atoms with E-state index in [1.807, 2.05) is 30.3 Å². The van der Waals surface area contributed by atoms with E-state index in [1.54, 1.807) is 12.1 Å². The normalized spacial score (nSPS) is 19.3. The van der Waals surface area contributed by atoms with Gasteiger partial charge >= 0.3 is 12.1 Å². The molecule has 1 aliphatic rings. The van der Waals surface area contributed by atoms with Crippen LogP contribution in [0, 0.1) is 5.82 Å². The van der Waals surface area contributed by atoms with E-state index in [1.165, 1.54) is 17.0 Å². The van der Waals surface area contributed by atoms with Gasteiger partial charge in [0.1, 0.15) is 18.0 Å². The smallest absolute Gasteiger partial charge is 0.411 e. The lowest BCUT2D eigenvalue weighted by Gasteiger charge is -2.34. The molecule has 0 spiro atoms. The fourth-order valence-corrected chi connectivity index (χ4v) is 3.36. The van der Waals surface area contributed by atoms with Gasteiger partial charge in [-0.15, -0.1) is 0 Å². The summed E-state index contributed by atoms with van der Waals surface area (Å²) in [4.78, 5) is 25.9. The van der Waals surface area contributed by atoms with Gasteiger partial charge in [0, 0.05) is 13.0 Å². The second kappa shape index (κ2) is 7.56. The Bertz CT molecular complexity index is 778. The molecule has 0 saturated carbocycles. The Balaban J connectivity index is 1.76. The molecule has 1 saturated heterocycles. The Hall–Kier alpha value is -2.89. The molecule has 26 heavy (non-hydrogen) atoms. The van der Waals surface area contributed by atoms with E-state index in [2.05, 4.69) is 0 Å². The molecular formula is C20H20FNO4. The minimum atomic E-state index is -1.37. The molecule has 3 rings (SSSR count). The van der Waals surface area contributed by atoms with Gasteiger partial charge in [-0.1, -0.05) is 42.5 Å². The predicted molar refractivity (Wildman–Crippen MR) is 93.0 cm³/mol. The Kier molecular flexibility index (Phi) is 5.21. The van der Waals surface area contributed by atoms with Crippen LogP contribution in [0.2, 0.25) is 0 Å². The molecule has 6 heteroatoms. The highest BCUT2D eigenvalue weighted by molar-refractivity contribution is 5.85. The number of carbonyl (C=O) groups excluding carboxylic acids is 1. The van der Waals surface area contributed by atoms with Crippen molar-refractivity contribution in [3.63, 3.8) is 0 Å². The molecule has 1 N–H and O–H groups in total. The van der Waals surface area contributed by atoms with E-state index in [4.69, 9.17) is 4.74 Å². The number of halogens is 1. The van der Waals surface area contributed by atoms with E-state index in [0.717, 1.165) is 5.56 Å². The summed E-state index contributed by atoms with van der Waals surface area (Å²) in [5, 5.41) is 9.86. The maximum Gasteiger partial charge on any atom is 0.411 e. The topological polar surface area (TPSA) is 66.8 Å². The van der Waals surface area contributed by atoms with Gasteiger partial charge in [0.15, 0.2) is 0 Å². The highest BCUT2D eigenvalue weighted by Crippen LogP contribution is 2.34. The number of carboxylic acids is 1. The molecule has 2 aromatic rings. The van der Waals surface area contributed by atoms with Crippen molar-refractivity contribution in [2.45, 2.75) is 31.4 Å². The minimum absolute atomic E-state index is 0.0857. The third-order valence-electron chi connectivity index (χ3n) is 4.72. The number of hydrogen-bond donors (Lipinski definition) is 1. The molecule has 0 radical (unpaired) electrons. The number of carboxylic acid groups (broad SMARTS) is 1. The summed E-state index contributed by atoms with van der Waals surface area (Å²) in [6, 6.07) is 14.9. The van der Waals surface area contributed by atoms with Gasteiger partial charge in [-0.05, 0) is 36.1 Å². The van der Waals surface area contributed by atoms with Crippen LogP contribution in [0.1, 0.15) is 24.0 Å². The van der Waals surface area contributed by atoms with Crippen molar-refractivity contribution in [3.8, 4) is 0 Å². The van der Waals surface area contributed by atoms with E-state index in [9.17, 15) is 19.1 Å². The largest absolute Gasteiger partial charge is 0.479 e. The van der Waals surface area contributed by atoms with Gasteiger partial charge in [-0.3, -0.25) is 4.90 Å². The Morgan fingerprint density at radius 3 is 2.42 bits per heavy atom. The molecule has 0 bridgehead atoms. The molecule has 2 aromatic carbocycles. The number of amides is 1. The van der Waals surface area contributed by atoms with Crippen LogP contribution < -0.4 is 0 Å². The van der Waals surface area contributed by atoms with Crippen LogP contribution in [-0.4, -0.2) is 34.2 Å². The summed E-state index contributed by atoms with van der Waals surface area (Å²) >= 11 is 0. The fraction of sp³-hybridized carbons (Fsp3) is 0.300. The molecule has 1 atom stereocenters. The van der Waals surface area contributed by atoms with Gasteiger partial charge in [0.2, 0.25) is 0 Å². The Labute approximate surface area is 151 Å². The molecule has 136 valence electrons. The zero-order valence-electron chi connectivity index (χ0n) is 14.2. The predicted octanol–water partition coefficient (Wildman–Crippen LogP) is 3.62. The van der Waals surface area contributed by atoms with Crippen LogP contribution in [-0.2, 0) is 22.6 Å². The molecule has 5 nitrogen and oxygen atoms in total. The lowest BCUT2D eigenvalue weighted by Crippen LogP contribution is -2.54. The van der Waals surface area contributed by atoms with E-state index >= 15 is 0 Å². The standard InChI is InChI=1S/C20H20FNO4/c21-17-9-7-15(8-10-17)13-20(18(23)24)11-4-12-22(20)19(25)26-14-16-5-2-1-3-6-16/h1-3,5-10H,4,11-14H2,(H,23,24). The van der Waals surface area contributed by atoms with Crippen molar-refractivity contribution in [3.05, 3.63) is 71.5 Å². The van der Waals surface area contributed by atoms with Crippen molar-refractivity contribution in [1.82, 2.24) is 4.90 Å². The van der Waals surface area contributed by atoms with Gasteiger partial charge in [0.25, 0.3) is 0 Å². The number of nitrogens with zero attached hydrogens (tertiary/aromatic N) is 1. The average Bonchev–Trinajstić information content (AvgIpc) is 3.07. The summed E-state index contributed by atoms with van der Waals surface area (Å²) in [7, 11) is 0.